The molecule has 114 valence electrons. The average molecular weight is 284 g/mol. The summed E-state index contributed by atoms with van der Waals surface area (Å²) in [7, 11) is 0. The fraction of sp³-hybridized carbons (Fsp3) is 0.857. The number of carbonyl (C=O) groups is 2. The van der Waals surface area contributed by atoms with E-state index >= 15 is 0 Å². The number of rotatable bonds is 3. The Bertz CT molecular complexity index is 387. The van der Waals surface area contributed by atoms with Crippen LogP contribution >= 0.6 is 0 Å². The van der Waals surface area contributed by atoms with E-state index in [1.807, 2.05) is 0 Å². The lowest BCUT2D eigenvalue weighted by Crippen LogP contribution is -2.53. The molecular formula is C14H24N2O4. The van der Waals surface area contributed by atoms with Crippen LogP contribution in [0.2, 0.25) is 0 Å². The summed E-state index contributed by atoms with van der Waals surface area (Å²) < 4.78 is 0. The maximum absolute atomic E-state index is 12.3. The largest absolute Gasteiger partial charge is 0.481 e. The molecule has 1 saturated carbocycles. The number of aliphatic hydroxyl groups is 1. The van der Waals surface area contributed by atoms with Gasteiger partial charge in [-0.25, -0.2) is 4.79 Å². The molecule has 2 aliphatic rings. The van der Waals surface area contributed by atoms with Gasteiger partial charge in [0.2, 0.25) is 0 Å². The highest BCUT2D eigenvalue weighted by atomic mass is 16.4. The van der Waals surface area contributed by atoms with Crippen molar-refractivity contribution in [3.8, 4) is 0 Å². The van der Waals surface area contributed by atoms with Gasteiger partial charge in [0.05, 0.1) is 5.41 Å². The Hall–Kier alpha value is -1.30. The van der Waals surface area contributed by atoms with E-state index in [0.717, 1.165) is 19.3 Å². The van der Waals surface area contributed by atoms with Crippen LogP contribution in [-0.4, -0.2) is 52.9 Å². The number of likely N-dealkylation sites (tertiary alicyclic amines) is 1. The third kappa shape index (κ3) is 2.90. The van der Waals surface area contributed by atoms with Crippen molar-refractivity contribution in [3.05, 3.63) is 0 Å². The number of amides is 2. The third-order valence-corrected chi connectivity index (χ3v) is 4.81. The number of hydrogen-bond donors (Lipinski definition) is 3. The van der Waals surface area contributed by atoms with Crippen LogP contribution in [0.3, 0.4) is 0 Å². The molecule has 1 heterocycles. The number of nitrogens with zero attached hydrogens (tertiary/aromatic N) is 1. The highest BCUT2D eigenvalue weighted by Gasteiger charge is 2.46. The number of nitrogens with one attached hydrogen (secondary N) is 1. The SMILES string of the molecule is CC1(C(=O)O)CCCC1NC(=O)N1CCCC(CO)C1. The van der Waals surface area contributed by atoms with Gasteiger partial charge in [0.15, 0.2) is 0 Å². The first kappa shape index (κ1) is 15.1. The van der Waals surface area contributed by atoms with Crippen molar-refractivity contribution in [1.82, 2.24) is 10.2 Å². The first-order chi connectivity index (χ1) is 9.47. The summed E-state index contributed by atoms with van der Waals surface area (Å²) in [6.07, 6.45) is 3.97. The maximum Gasteiger partial charge on any atom is 0.317 e. The Labute approximate surface area is 119 Å². The molecule has 0 radical (unpaired) electrons. The molecule has 1 saturated heterocycles. The summed E-state index contributed by atoms with van der Waals surface area (Å²) in [6, 6.07) is -0.496. The molecule has 6 nitrogen and oxygen atoms in total. The van der Waals surface area contributed by atoms with Gasteiger partial charge in [0, 0.05) is 25.7 Å². The molecule has 3 N–H and O–H groups in total. The molecular weight excluding hydrogens is 260 g/mol. The Morgan fingerprint density at radius 2 is 2.10 bits per heavy atom. The number of carbonyl (C=O) groups excluding carboxylic acids is 1. The number of carboxylic acids is 1. The van der Waals surface area contributed by atoms with E-state index < -0.39 is 11.4 Å². The van der Waals surface area contributed by atoms with Gasteiger partial charge in [-0.3, -0.25) is 4.79 Å². The number of aliphatic carboxylic acids is 1. The van der Waals surface area contributed by atoms with Crippen LogP contribution in [0.5, 0.6) is 0 Å². The van der Waals surface area contributed by atoms with Crippen LogP contribution in [0.1, 0.15) is 39.0 Å². The summed E-state index contributed by atoms with van der Waals surface area (Å²) in [6.45, 7) is 3.04. The van der Waals surface area contributed by atoms with Crippen LogP contribution in [0.15, 0.2) is 0 Å². The number of hydrogen-bond acceptors (Lipinski definition) is 3. The van der Waals surface area contributed by atoms with Crippen LogP contribution in [0, 0.1) is 11.3 Å². The maximum atomic E-state index is 12.3. The number of urea groups is 1. The van der Waals surface area contributed by atoms with E-state index in [2.05, 4.69) is 5.32 Å². The fourth-order valence-electron chi connectivity index (χ4n) is 3.29. The molecule has 3 atom stereocenters. The Kier molecular flexibility index (Phi) is 4.52. The number of carboxylic acid groups (broad SMARTS) is 1. The van der Waals surface area contributed by atoms with E-state index in [1.165, 1.54) is 0 Å². The molecule has 0 aromatic carbocycles. The smallest absolute Gasteiger partial charge is 0.317 e. The minimum absolute atomic E-state index is 0.0973. The molecule has 0 bridgehead atoms. The summed E-state index contributed by atoms with van der Waals surface area (Å²) in [5, 5.41) is 21.4. The third-order valence-electron chi connectivity index (χ3n) is 4.81. The molecule has 2 amide bonds. The highest BCUT2D eigenvalue weighted by Crippen LogP contribution is 2.38. The second-order valence-corrected chi connectivity index (χ2v) is 6.25. The Morgan fingerprint density at radius 3 is 2.75 bits per heavy atom. The van der Waals surface area contributed by atoms with E-state index in [1.54, 1.807) is 11.8 Å². The lowest BCUT2D eigenvalue weighted by atomic mass is 9.85. The molecule has 1 aliphatic heterocycles. The van der Waals surface area contributed by atoms with Gasteiger partial charge >= 0.3 is 12.0 Å². The molecule has 2 rings (SSSR count). The fourth-order valence-corrected chi connectivity index (χ4v) is 3.29. The van der Waals surface area contributed by atoms with Crippen molar-refractivity contribution < 1.29 is 19.8 Å². The van der Waals surface area contributed by atoms with Gasteiger partial charge in [0.1, 0.15) is 0 Å². The highest BCUT2D eigenvalue weighted by molar-refractivity contribution is 5.79. The second-order valence-electron chi connectivity index (χ2n) is 6.25. The van der Waals surface area contributed by atoms with Crippen molar-refractivity contribution in [1.29, 1.82) is 0 Å². The quantitative estimate of drug-likeness (QED) is 0.722. The van der Waals surface area contributed by atoms with Gasteiger partial charge in [-0.05, 0) is 38.5 Å². The molecule has 0 aromatic heterocycles. The predicted octanol–water partition coefficient (Wildman–Crippen LogP) is 1.04. The Morgan fingerprint density at radius 1 is 1.35 bits per heavy atom. The van der Waals surface area contributed by atoms with Gasteiger partial charge in [-0.1, -0.05) is 6.42 Å². The van der Waals surface area contributed by atoms with Gasteiger partial charge in [0.25, 0.3) is 0 Å². The van der Waals surface area contributed by atoms with Crippen LogP contribution in [0.25, 0.3) is 0 Å². The molecule has 2 fully saturated rings. The van der Waals surface area contributed by atoms with Crippen molar-refractivity contribution in [3.63, 3.8) is 0 Å². The van der Waals surface area contributed by atoms with Crippen molar-refractivity contribution in [2.45, 2.75) is 45.1 Å². The van der Waals surface area contributed by atoms with Crippen LogP contribution in [-0.2, 0) is 4.79 Å². The van der Waals surface area contributed by atoms with Gasteiger partial charge in [-0.2, -0.15) is 0 Å². The number of piperidine rings is 1. The minimum Gasteiger partial charge on any atom is -0.481 e. The molecule has 1 aliphatic carbocycles. The van der Waals surface area contributed by atoms with E-state index in [0.29, 0.717) is 25.9 Å². The first-order valence-corrected chi connectivity index (χ1v) is 7.37. The van der Waals surface area contributed by atoms with Crippen molar-refractivity contribution in [2.75, 3.05) is 19.7 Å². The van der Waals surface area contributed by atoms with E-state index in [9.17, 15) is 19.8 Å². The van der Waals surface area contributed by atoms with Crippen molar-refractivity contribution in [2.24, 2.45) is 11.3 Å². The first-order valence-electron chi connectivity index (χ1n) is 7.37. The summed E-state index contributed by atoms with van der Waals surface area (Å²) >= 11 is 0. The van der Waals surface area contributed by atoms with Gasteiger partial charge < -0.3 is 20.4 Å². The normalized spacial score (nSPS) is 34.0. The zero-order chi connectivity index (χ0) is 14.8. The molecule has 6 heteroatoms. The average Bonchev–Trinajstić information content (AvgIpc) is 2.81. The topological polar surface area (TPSA) is 89.9 Å². The van der Waals surface area contributed by atoms with Gasteiger partial charge in [-0.15, -0.1) is 0 Å². The minimum atomic E-state index is -0.859. The predicted molar refractivity (Wildman–Crippen MR) is 73.3 cm³/mol. The monoisotopic (exact) mass is 284 g/mol. The van der Waals surface area contributed by atoms with Crippen LogP contribution in [0.4, 0.5) is 4.79 Å². The van der Waals surface area contributed by atoms with E-state index in [-0.39, 0.29) is 24.6 Å². The second kappa shape index (κ2) is 5.99. The molecule has 0 spiro atoms. The Balaban J connectivity index is 1.95. The van der Waals surface area contributed by atoms with Crippen LogP contribution < -0.4 is 5.32 Å². The molecule has 0 aromatic rings. The van der Waals surface area contributed by atoms with E-state index in [4.69, 9.17) is 0 Å². The summed E-state index contributed by atoms with van der Waals surface area (Å²) in [5.41, 5.74) is -0.859. The summed E-state index contributed by atoms with van der Waals surface area (Å²) in [4.78, 5) is 25.4. The zero-order valence-corrected chi connectivity index (χ0v) is 12.0. The lowest BCUT2D eigenvalue weighted by Gasteiger charge is -2.35. The number of aliphatic hydroxyl groups excluding tert-OH is 1. The standard InChI is InChI=1S/C14H24N2O4/c1-14(12(18)19)6-2-5-11(14)15-13(20)16-7-3-4-10(8-16)9-17/h10-11,17H,2-9H2,1H3,(H,15,20)(H,18,19). The summed E-state index contributed by atoms with van der Waals surface area (Å²) in [5.74, 6) is -0.698. The van der Waals surface area contributed by atoms with Crippen molar-refractivity contribution >= 4 is 12.0 Å². The lowest BCUT2D eigenvalue weighted by molar-refractivity contribution is -0.148. The molecule has 20 heavy (non-hydrogen) atoms. The zero-order valence-electron chi connectivity index (χ0n) is 12.0. The molecule has 3 unspecified atom stereocenters.